The molecule has 0 saturated carbocycles. The van der Waals surface area contributed by atoms with E-state index in [1.807, 2.05) is 30.3 Å². The van der Waals surface area contributed by atoms with E-state index in [0.717, 1.165) is 25.3 Å². The number of hydrogen-bond donors (Lipinski definition) is 1. The fourth-order valence-electron chi connectivity index (χ4n) is 2.73. The lowest BCUT2D eigenvalue weighted by molar-refractivity contribution is 0.0949. The number of aromatic nitrogens is 1. The van der Waals surface area contributed by atoms with Gasteiger partial charge in [-0.05, 0) is 37.0 Å². The van der Waals surface area contributed by atoms with Crippen LogP contribution in [0.3, 0.4) is 0 Å². The van der Waals surface area contributed by atoms with Gasteiger partial charge in [0.25, 0.3) is 5.91 Å². The van der Waals surface area contributed by atoms with Gasteiger partial charge in [-0.1, -0.05) is 36.4 Å². The second kappa shape index (κ2) is 7.07. The molecule has 0 spiro atoms. The van der Waals surface area contributed by atoms with E-state index in [0.29, 0.717) is 12.2 Å². The number of nitrogens with one attached hydrogen (secondary N) is 1. The van der Waals surface area contributed by atoms with E-state index in [4.69, 9.17) is 0 Å². The maximum Gasteiger partial charge on any atom is 0.269 e. The second-order valence-corrected chi connectivity index (χ2v) is 5.57. The molecule has 22 heavy (non-hydrogen) atoms. The fraction of sp³-hybridized carbons (Fsp3) is 0.333. The van der Waals surface area contributed by atoms with Gasteiger partial charge in [-0.25, -0.2) is 4.98 Å². The molecule has 0 aliphatic carbocycles. The molecule has 0 unspecified atom stereocenters. The van der Waals surface area contributed by atoms with Crippen molar-refractivity contribution in [3.05, 3.63) is 59.8 Å². The zero-order valence-corrected chi connectivity index (χ0v) is 12.7. The number of benzene rings is 1. The first kappa shape index (κ1) is 14.6. The largest absolute Gasteiger partial charge is 0.357 e. The standard InChI is InChI=1S/C18H21N3O/c22-18(19-12-11-15-7-2-1-3-8-15)16-9-6-10-17(20-16)21-13-4-5-14-21/h1-3,6-10H,4-5,11-14H2,(H,19,22). The molecular formula is C18H21N3O. The maximum atomic E-state index is 12.2. The average molecular weight is 295 g/mol. The van der Waals surface area contributed by atoms with Crippen LogP contribution < -0.4 is 10.2 Å². The lowest BCUT2D eigenvalue weighted by Gasteiger charge is -2.16. The number of pyridine rings is 1. The van der Waals surface area contributed by atoms with Gasteiger partial charge in [0.15, 0.2) is 0 Å². The van der Waals surface area contributed by atoms with Crippen molar-refractivity contribution in [2.45, 2.75) is 19.3 Å². The molecule has 1 aromatic carbocycles. The summed E-state index contributed by atoms with van der Waals surface area (Å²) in [4.78, 5) is 18.9. The van der Waals surface area contributed by atoms with Crippen molar-refractivity contribution in [1.82, 2.24) is 10.3 Å². The van der Waals surface area contributed by atoms with Gasteiger partial charge in [-0.2, -0.15) is 0 Å². The highest BCUT2D eigenvalue weighted by Crippen LogP contribution is 2.17. The SMILES string of the molecule is O=C(NCCc1ccccc1)c1cccc(N2CCCC2)n1. The Bertz CT molecular complexity index is 621. The fourth-order valence-corrected chi connectivity index (χ4v) is 2.73. The van der Waals surface area contributed by atoms with Crippen LogP contribution >= 0.6 is 0 Å². The highest BCUT2D eigenvalue weighted by Gasteiger charge is 2.15. The summed E-state index contributed by atoms with van der Waals surface area (Å²) >= 11 is 0. The van der Waals surface area contributed by atoms with E-state index >= 15 is 0 Å². The van der Waals surface area contributed by atoms with Gasteiger partial charge < -0.3 is 10.2 Å². The molecule has 1 N–H and O–H groups in total. The monoisotopic (exact) mass is 295 g/mol. The summed E-state index contributed by atoms with van der Waals surface area (Å²) in [6.07, 6.45) is 3.24. The van der Waals surface area contributed by atoms with Crippen LogP contribution in [0.1, 0.15) is 28.9 Å². The molecule has 0 bridgehead atoms. The molecule has 2 aromatic rings. The van der Waals surface area contributed by atoms with Crippen molar-refractivity contribution in [2.24, 2.45) is 0 Å². The molecular weight excluding hydrogens is 274 g/mol. The molecule has 114 valence electrons. The topological polar surface area (TPSA) is 45.2 Å². The molecule has 2 heterocycles. The molecule has 0 radical (unpaired) electrons. The van der Waals surface area contributed by atoms with Crippen molar-refractivity contribution in [3.8, 4) is 0 Å². The number of amides is 1. The van der Waals surface area contributed by atoms with Gasteiger partial charge in [0.05, 0.1) is 0 Å². The van der Waals surface area contributed by atoms with Crippen LogP contribution in [-0.4, -0.2) is 30.5 Å². The predicted molar refractivity (Wildman–Crippen MR) is 88.2 cm³/mol. The molecule has 0 atom stereocenters. The number of carbonyl (C=O) groups is 1. The van der Waals surface area contributed by atoms with E-state index in [1.165, 1.54) is 18.4 Å². The van der Waals surface area contributed by atoms with E-state index in [1.54, 1.807) is 6.07 Å². The van der Waals surface area contributed by atoms with Crippen LogP contribution in [-0.2, 0) is 6.42 Å². The van der Waals surface area contributed by atoms with Gasteiger partial charge in [-0.15, -0.1) is 0 Å². The molecule has 1 saturated heterocycles. The van der Waals surface area contributed by atoms with Gasteiger partial charge in [-0.3, -0.25) is 4.79 Å². The lowest BCUT2D eigenvalue weighted by atomic mass is 10.1. The molecule has 1 fully saturated rings. The number of rotatable bonds is 5. The van der Waals surface area contributed by atoms with E-state index in [9.17, 15) is 4.79 Å². The van der Waals surface area contributed by atoms with Crippen LogP contribution in [0.15, 0.2) is 48.5 Å². The first-order chi connectivity index (χ1) is 10.8. The average Bonchev–Trinajstić information content (AvgIpc) is 3.10. The summed E-state index contributed by atoms with van der Waals surface area (Å²) in [5, 5.41) is 2.95. The van der Waals surface area contributed by atoms with Crippen LogP contribution in [0.5, 0.6) is 0 Å². The van der Waals surface area contributed by atoms with E-state index in [2.05, 4.69) is 27.3 Å². The number of carbonyl (C=O) groups excluding carboxylic acids is 1. The third-order valence-corrected chi connectivity index (χ3v) is 3.94. The Balaban J connectivity index is 1.56. The third kappa shape index (κ3) is 3.64. The Labute approximate surface area is 131 Å². The summed E-state index contributed by atoms with van der Waals surface area (Å²) in [6, 6.07) is 15.8. The summed E-state index contributed by atoms with van der Waals surface area (Å²) in [5.74, 6) is 0.810. The quantitative estimate of drug-likeness (QED) is 0.922. The summed E-state index contributed by atoms with van der Waals surface area (Å²) in [6.45, 7) is 2.69. The molecule has 3 rings (SSSR count). The normalized spacial score (nSPS) is 14.1. The lowest BCUT2D eigenvalue weighted by Crippen LogP contribution is -2.27. The maximum absolute atomic E-state index is 12.2. The zero-order chi connectivity index (χ0) is 15.2. The minimum Gasteiger partial charge on any atom is -0.357 e. The molecule has 1 aliphatic heterocycles. The van der Waals surface area contributed by atoms with Crippen LogP contribution in [0.2, 0.25) is 0 Å². The molecule has 1 amide bonds. The molecule has 1 aliphatic rings. The number of anilines is 1. The Morgan fingerprint density at radius 2 is 1.82 bits per heavy atom. The minimum atomic E-state index is -0.100. The van der Waals surface area contributed by atoms with Crippen molar-refractivity contribution in [2.75, 3.05) is 24.5 Å². The molecule has 4 nitrogen and oxygen atoms in total. The first-order valence-electron chi connectivity index (χ1n) is 7.87. The van der Waals surface area contributed by atoms with Gasteiger partial charge in [0.1, 0.15) is 11.5 Å². The Morgan fingerprint density at radius 3 is 2.59 bits per heavy atom. The van der Waals surface area contributed by atoms with Crippen LogP contribution in [0, 0.1) is 0 Å². The summed E-state index contributed by atoms with van der Waals surface area (Å²) in [5.41, 5.74) is 1.72. The van der Waals surface area contributed by atoms with E-state index < -0.39 is 0 Å². The summed E-state index contributed by atoms with van der Waals surface area (Å²) < 4.78 is 0. The van der Waals surface area contributed by atoms with E-state index in [-0.39, 0.29) is 5.91 Å². The smallest absolute Gasteiger partial charge is 0.269 e. The van der Waals surface area contributed by atoms with Crippen LogP contribution in [0.25, 0.3) is 0 Å². The number of nitrogens with zero attached hydrogens (tertiary/aromatic N) is 2. The van der Waals surface area contributed by atoms with Crippen molar-refractivity contribution >= 4 is 11.7 Å². The van der Waals surface area contributed by atoms with Crippen molar-refractivity contribution in [1.29, 1.82) is 0 Å². The highest BCUT2D eigenvalue weighted by atomic mass is 16.1. The molecule has 4 heteroatoms. The second-order valence-electron chi connectivity index (χ2n) is 5.57. The van der Waals surface area contributed by atoms with Gasteiger partial charge in [0, 0.05) is 19.6 Å². The highest BCUT2D eigenvalue weighted by molar-refractivity contribution is 5.92. The number of hydrogen-bond acceptors (Lipinski definition) is 3. The molecule has 1 aromatic heterocycles. The predicted octanol–water partition coefficient (Wildman–Crippen LogP) is 2.65. The zero-order valence-electron chi connectivity index (χ0n) is 12.7. The summed E-state index contributed by atoms with van der Waals surface area (Å²) in [7, 11) is 0. The Hall–Kier alpha value is -2.36. The van der Waals surface area contributed by atoms with Gasteiger partial charge in [0.2, 0.25) is 0 Å². The van der Waals surface area contributed by atoms with Crippen molar-refractivity contribution in [3.63, 3.8) is 0 Å². The van der Waals surface area contributed by atoms with Crippen LogP contribution in [0.4, 0.5) is 5.82 Å². The third-order valence-electron chi connectivity index (χ3n) is 3.94. The van der Waals surface area contributed by atoms with Crippen molar-refractivity contribution < 1.29 is 4.79 Å². The first-order valence-corrected chi connectivity index (χ1v) is 7.87. The Kier molecular flexibility index (Phi) is 4.68. The minimum absolute atomic E-state index is 0.100. The van der Waals surface area contributed by atoms with Gasteiger partial charge >= 0.3 is 0 Å². The Morgan fingerprint density at radius 1 is 1.05 bits per heavy atom.